The maximum absolute atomic E-state index is 11.5. The number of halogens is 1. The summed E-state index contributed by atoms with van der Waals surface area (Å²) in [7, 11) is 0. The van der Waals surface area contributed by atoms with Crippen molar-refractivity contribution in [3.8, 4) is 5.75 Å². The highest BCUT2D eigenvalue weighted by molar-refractivity contribution is 7.09. The Bertz CT molecular complexity index is 534. The molecule has 100 valence electrons. The van der Waals surface area contributed by atoms with Crippen LogP contribution in [0.5, 0.6) is 5.75 Å². The fourth-order valence-electron chi connectivity index (χ4n) is 1.39. The first-order valence-electron chi connectivity index (χ1n) is 5.69. The van der Waals surface area contributed by atoms with Crippen LogP contribution in [-0.4, -0.2) is 21.9 Å². The van der Waals surface area contributed by atoms with Gasteiger partial charge in [0.05, 0.1) is 11.6 Å². The molecule has 1 aromatic carbocycles. The first-order chi connectivity index (χ1) is 9.25. The molecule has 0 radical (unpaired) electrons. The molecule has 0 unspecified atom stereocenters. The van der Waals surface area contributed by atoms with Crippen molar-refractivity contribution in [2.75, 3.05) is 11.9 Å². The van der Waals surface area contributed by atoms with Crippen LogP contribution in [-0.2, 0) is 4.79 Å². The zero-order chi connectivity index (χ0) is 13.5. The van der Waals surface area contributed by atoms with Crippen LogP contribution >= 0.6 is 23.1 Å². The first-order valence-corrected chi connectivity index (χ1v) is 6.84. The van der Waals surface area contributed by atoms with Gasteiger partial charge in [-0.3, -0.25) is 4.79 Å². The van der Waals surface area contributed by atoms with Crippen molar-refractivity contribution in [3.05, 3.63) is 35.6 Å². The van der Waals surface area contributed by atoms with Crippen LogP contribution in [0.2, 0.25) is 5.02 Å². The van der Waals surface area contributed by atoms with E-state index in [1.807, 2.05) is 12.1 Å². The number of nitrogens with one attached hydrogen (secondary N) is 1. The van der Waals surface area contributed by atoms with E-state index in [0.29, 0.717) is 35.4 Å². The van der Waals surface area contributed by atoms with E-state index in [1.54, 1.807) is 12.1 Å². The standard InChI is InChI=1S/C12H12ClN3O2S/c13-9-4-1-2-5-10(9)18-7-3-6-11(17)16-12-14-8-15-19-12/h1-2,4-5,8H,3,6-7H2,(H,14,15,16,17). The van der Waals surface area contributed by atoms with Gasteiger partial charge < -0.3 is 10.1 Å². The minimum absolute atomic E-state index is 0.0977. The van der Waals surface area contributed by atoms with Crippen LogP contribution in [0.4, 0.5) is 5.13 Å². The van der Waals surface area contributed by atoms with E-state index in [2.05, 4.69) is 14.7 Å². The zero-order valence-electron chi connectivity index (χ0n) is 10.0. The molecule has 19 heavy (non-hydrogen) atoms. The van der Waals surface area contributed by atoms with Crippen molar-refractivity contribution in [2.45, 2.75) is 12.8 Å². The molecule has 0 bridgehead atoms. The summed E-state index contributed by atoms with van der Waals surface area (Å²) in [6, 6.07) is 7.25. The predicted molar refractivity (Wildman–Crippen MR) is 74.7 cm³/mol. The molecule has 0 aliphatic rings. The Kier molecular flexibility index (Phi) is 5.11. The number of amides is 1. The number of carbonyl (C=O) groups is 1. The highest BCUT2D eigenvalue weighted by atomic mass is 35.5. The summed E-state index contributed by atoms with van der Waals surface area (Å²) < 4.78 is 9.28. The lowest BCUT2D eigenvalue weighted by Gasteiger charge is -2.07. The average Bonchev–Trinajstić information content (AvgIpc) is 2.89. The number of nitrogens with zero attached hydrogens (tertiary/aromatic N) is 2. The molecule has 0 atom stereocenters. The van der Waals surface area contributed by atoms with Crippen molar-refractivity contribution >= 4 is 34.2 Å². The van der Waals surface area contributed by atoms with Crippen LogP contribution in [0.15, 0.2) is 30.6 Å². The number of para-hydroxylation sites is 1. The Morgan fingerprint density at radius 3 is 3.00 bits per heavy atom. The second kappa shape index (κ2) is 7.06. The van der Waals surface area contributed by atoms with Gasteiger partial charge in [0, 0.05) is 18.0 Å². The number of hydrogen-bond donors (Lipinski definition) is 1. The molecule has 5 nitrogen and oxygen atoms in total. The number of benzene rings is 1. The molecule has 2 rings (SSSR count). The monoisotopic (exact) mass is 297 g/mol. The van der Waals surface area contributed by atoms with Crippen LogP contribution < -0.4 is 10.1 Å². The van der Waals surface area contributed by atoms with Gasteiger partial charge in [0.2, 0.25) is 11.0 Å². The summed E-state index contributed by atoms with van der Waals surface area (Å²) in [6.07, 6.45) is 2.38. The maximum Gasteiger partial charge on any atom is 0.226 e. The minimum Gasteiger partial charge on any atom is -0.492 e. The van der Waals surface area contributed by atoms with Gasteiger partial charge in [-0.2, -0.15) is 4.37 Å². The summed E-state index contributed by atoms with van der Waals surface area (Å²) >= 11 is 7.09. The largest absolute Gasteiger partial charge is 0.492 e. The highest BCUT2D eigenvalue weighted by Crippen LogP contribution is 2.23. The highest BCUT2D eigenvalue weighted by Gasteiger charge is 2.05. The van der Waals surface area contributed by atoms with Gasteiger partial charge in [-0.05, 0) is 18.6 Å². The van der Waals surface area contributed by atoms with Crippen LogP contribution in [0.3, 0.4) is 0 Å². The lowest BCUT2D eigenvalue weighted by atomic mass is 10.3. The normalized spacial score (nSPS) is 10.2. The summed E-state index contributed by atoms with van der Waals surface area (Å²) in [4.78, 5) is 15.4. The second-order valence-electron chi connectivity index (χ2n) is 3.68. The third-order valence-corrected chi connectivity index (χ3v) is 3.14. The molecule has 1 amide bonds. The van der Waals surface area contributed by atoms with E-state index >= 15 is 0 Å². The molecular formula is C12H12ClN3O2S. The molecular weight excluding hydrogens is 286 g/mol. The lowest BCUT2D eigenvalue weighted by molar-refractivity contribution is -0.116. The molecule has 0 saturated carbocycles. The number of ether oxygens (including phenoxy) is 1. The molecule has 0 aliphatic heterocycles. The van der Waals surface area contributed by atoms with Crippen LogP contribution in [0.25, 0.3) is 0 Å². The molecule has 7 heteroatoms. The van der Waals surface area contributed by atoms with E-state index in [1.165, 1.54) is 6.33 Å². The van der Waals surface area contributed by atoms with Crippen molar-refractivity contribution in [3.63, 3.8) is 0 Å². The molecule has 1 aromatic heterocycles. The van der Waals surface area contributed by atoms with E-state index in [0.717, 1.165) is 11.5 Å². The van der Waals surface area contributed by atoms with Gasteiger partial charge >= 0.3 is 0 Å². The fourth-order valence-corrected chi connectivity index (χ4v) is 2.02. The average molecular weight is 298 g/mol. The van der Waals surface area contributed by atoms with Crippen LogP contribution in [0.1, 0.15) is 12.8 Å². The summed E-state index contributed by atoms with van der Waals surface area (Å²) in [5, 5.41) is 3.74. The van der Waals surface area contributed by atoms with Gasteiger partial charge in [0.15, 0.2) is 0 Å². The molecule has 0 aliphatic carbocycles. The molecule has 1 N–H and O–H groups in total. The number of rotatable bonds is 6. The first kappa shape index (κ1) is 13.8. The molecule has 0 spiro atoms. The van der Waals surface area contributed by atoms with E-state index in [4.69, 9.17) is 16.3 Å². The van der Waals surface area contributed by atoms with Crippen molar-refractivity contribution in [1.82, 2.24) is 9.36 Å². The smallest absolute Gasteiger partial charge is 0.226 e. The number of hydrogen-bond acceptors (Lipinski definition) is 5. The van der Waals surface area contributed by atoms with Gasteiger partial charge in [0.1, 0.15) is 12.1 Å². The zero-order valence-corrected chi connectivity index (χ0v) is 11.6. The summed E-state index contributed by atoms with van der Waals surface area (Å²) in [5.74, 6) is 0.535. The number of anilines is 1. The summed E-state index contributed by atoms with van der Waals surface area (Å²) in [6.45, 7) is 0.438. The van der Waals surface area contributed by atoms with E-state index < -0.39 is 0 Å². The van der Waals surface area contributed by atoms with Gasteiger partial charge in [-0.1, -0.05) is 23.7 Å². The predicted octanol–water partition coefficient (Wildman–Crippen LogP) is 2.99. The maximum atomic E-state index is 11.5. The van der Waals surface area contributed by atoms with Gasteiger partial charge in [-0.25, -0.2) is 4.98 Å². The Labute approximate surface area is 119 Å². The lowest BCUT2D eigenvalue weighted by Crippen LogP contribution is -2.12. The molecule has 1 heterocycles. The van der Waals surface area contributed by atoms with Gasteiger partial charge in [-0.15, -0.1) is 0 Å². The van der Waals surface area contributed by atoms with Crippen LogP contribution in [0, 0.1) is 0 Å². The van der Waals surface area contributed by atoms with Crippen molar-refractivity contribution in [1.29, 1.82) is 0 Å². The molecule has 0 saturated heterocycles. The Hall–Kier alpha value is -1.66. The van der Waals surface area contributed by atoms with E-state index in [-0.39, 0.29) is 5.91 Å². The third-order valence-electron chi connectivity index (χ3n) is 2.25. The van der Waals surface area contributed by atoms with Gasteiger partial charge in [0.25, 0.3) is 0 Å². The Morgan fingerprint density at radius 1 is 1.42 bits per heavy atom. The summed E-state index contributed by atoms with van der Waals surface area (Å²) in [5.41, 5.74) is 0. The second-order valence-corrected chi connectivity index (χ2v) is 4.86. The van der Waals surface area contributed by atoms with E-state index in [9.17, 15) is 4.79 Å². The third kappa shape index (κ3) is 4.50. The SMILES string of the molecule is O=C(CCCOc1ccccc1Cl)Nc1ncns1. The fraction of sp³-hybridized carbons (Fsp3) is 0.250. The van der Waals surface area contributed by atoms with Crippen molar-refractivity contribution < 1.29 is 9.53 Å². The van der Waals surface area contributed by atoms with Crippen molar-refractivity contribution in [2.24, 2.45) is 0 Å². The Balaban J connectivity index is 1.67. The molecule has 0 fully saturated rings. The quantitative estimate of drug-likeness (QED) is 0.833. The minimum atomic E-state index is -0.0977. The topological polar surface area (TPSA) is 64.1 Å². The number of aromatic nitrogens is 2. The number of carbonyl (C=O) groups excluding carboxylic acids is 1. The Morgan fingerprint density at radius 2 is 2.26 bits per heavy atom. The molecule has 2 aromatic rings.